The Hall–Kier alpha value is -1.75. The van der Waals surface area contributed by atoms with E-state index in [1.807, 2.05) is 26.8 Å². The largest absolute Gasteiger partial charge is 0.481 e. The number of carboxylic acid groups (broad SMARTS) is 1. The van der Waals surface area contributed by atoms with Crippen molar-refractivity contribution in [1.82, 2.24) is 4.90 Å². The molecule has 22 heavy (non-hydrogen) atoms. The molecule has 1 atom stereocenters. The quantitative estimate of drug-likeness (QED) is 0.835. The summed E-state index contributed by atoms with van der Waals surface area (Å²) < 4.78 is 5.66. The lowest BCUT2D eigenvalue weighted by molar-refractivity contribution is -0.142. The van der Waals surface area contributed by atoms with Gasteiger partial charge in [-0.2, -0.15) is 0 Å². The minimum absolute atomic E-state index is 0.0954. The molecule has 0 saturated carbocycles. The smallest absolute Gasteiger partial charge is 0.305 e. The van der Waals surface area contributed by atoms with Crippen molar-refractivity contribution in [2.24, 2.45) is 0 Å². The molecule has 1 aromatic carbocycles. The molecule has 5 nitrogen and oxygen atoms in total. The van der Waals surface area contributed by atoms with E-state index in [1.54, 1.807) is 19.1 Å². The zero-order valence-corrected chi connectivity index (χ0v) is 14.1. The number of aryl methyl sites for hydroxylation is 1. The third kappa shape index (κ3) is 5.22. The van der Waals surface area contributed by atoms with Crippen LogP contribution in [0.4, 0.5) is 0 Å². The van der Waals surface area contributed by atoms with Crippen molar-refractivity contribution in [1.29, 1.82) is 0 Å². The van der Waals surface area contributed by atoms with Crippen molar-refractivity contribution in [2.45, 2.75) is 46.3 Å². The van der Waals surface area contributed by atoms with Gasteiger partial charge in [0.25, 0.3) is 5.91 Å². The number of halogens is 1. The molecule has 0 aromatic heterocycles. The average molecular weight is 328 g/mol. The van der Waals surface area contributed by atoms with Crippen LogP contribution >= 0.6 is 11.6 Å². The fourth-order valence-electron chi connectivity index (χ4n) is 2.01. The van der Waals surface area contributed by atoms with Gasteiger partial charge >= 0.3 is 5.97 Å². The van der Waals surface area contributed by atoms with E-state index in [0.717, 1.165) is 5.56 Å². The Morgan fingerprint density at radius 3 is 2.50 bits per heavy atom. The summed E-state index contributed by atoms with van der Waals surface area (Å²) in [5, 5.41) is 9.22. The Labute approximate surface area is 135 Å². The molecule has 0 aliphatic rings. The first-order valence-electron chi connectivity index (χ1n) is 7.17. The average Bonchev–Trinajstić information content (AvgIpc) is 2.42. The second-order valence-electron chi connectivity index (χ2n) is 5.46. The summed E-state index contributed by atoms with van der Waals surface area (Å²) >= 11 is 6.06. The lowest BCUT2D eigenvalue weighted by atomic mass is 10.2. The van der Waals surface area contributed by atoms with Crippen LogP contribution in [0.2, 0.25) is 5.02 Å². The monoisotopic (exact) mass is 327 g/mol. The van der Waals surface area contributed by atoms with Crippen molar-refractivity contribution in [3.8, 4) is 5.75 Å². The van der Waals surface area contributed by atoms with Gasteiger partial charge < -0.3 is 14.7 Å². The van der Waals surface area contributed by atoms with E-state index in [1.165, 1.54) is 4.90 Å². The predicted molar refractivity (Wildman–Crippen MR) is 85.4 cm³/mol. The molecule has 0 heterocycles. The lowest BCUT2D eigenvalue weighted by Crippen LogP contribution is -2.45. The van der Waals surface area contributed by atoms with Crippen molar-refractivity contribution < 1.29 is 19.4 Å². The summed E-state index contributed by atoms with van der Waals surface area (Å²) in [5.74, 6) is -0.743. The second kappa shape index (κ2) is 8.03. The highest BCUT2D eigenvalue weighted by Crippen LogP contribution is 2.26. The van der Waals surface area contributed by atoms with E-state index in [0.29, 0.717) is 10.8 Å². The SMILES string of the molecule is Cc1ccc(Cl)c(OC(C)C(=O)N(CCC(=O)O)C(C)C)c1. The van der Waals surface area contributed by atoms with Crippen LogP contribution < -0.4 is 4.74 Å². The number of aliphatic carboxylic acids is 1. The Balaban J connectivity index is 2.80. The zero-order chi connectivity index (χ0) is 16.9. The molecular weight excluding hydrogens is 306 g/mol. The number of hydrogen-bond donors (Lipinski definition) is 1. The van der Waals surface area contributed by atoms with Crippen LogP contribution in [0.5, 0.6) is 5.75 Å². The molecule has 0 radical (unpaired) electrons. The summed E-state index contributed by atoms with van der Waals surface area (Å²) in [6.45, 7) is 7.37. The van der Waals surface area contributed by atoms with Crippen LogP contribution in [0.3, 0.4) is 0 Å². The van der Waals surface area contributed by atoms with Gasteiger partial charge in [-0.15, -0.1) is 0 Å². The van der Waals surface area contributed by atoms with Gasteiger partial charge in [-0.25, -0.2) is 0 Å². The van der Waals surface area contributed by atoms with Crippen molar-refractivity contribution in [3.05, 3.63) is 28.8 Å². The maximum Gasteiger partial charge on any atom is 0.305 e. The summed E-state index contributed by atoms with van der Waals surface area (Å²) in [6, 6.07) is 5.23. The topological polar surface area (TPSA) is 66.8 Å². The first-order valence-corrected chi connectivity index (χ1v) is 7.55. The van der Waals surface area contributed by atoms with E-state index in [2.05, 4.69) is 0 Å². The number of carbonyl (C=O) groups excluding carboxylic acids is 1. The highest BCUT2D eigenvalue weighted by atomic mass is 35.5. The van der Waals surface area contributed by atoms with Gasteiger partial charge in [0, 0.05) is 12.6 Å². The van der Waals surface area contributed by atoms with Gasteiger partial charge in [-0.3, -0.25) is 9.59 Å². The van der Waals surface area contributed by atoms with Crippen molar-refractivity contribution >= 4 is 23.5 Å². The Bertz CT molecular complexity index is 545. The lowest BCUT2D eigenvalue weighted by Gasteiger charge is -2.29. The predicted octanol–water partition coefficient (Wildman–Crippen LogP) is 3.13. The van der Waals surface area contributed by atoms with Crippen LogP contribution in [0, 0.1) is 6.92 Å². The Morgan fingerprint density at radius 2 is 1.95 bits per heavy atom. The number of rotatable bonds is 7. The number of amides is 1. The van der Waals surface area contributed by atoms with Crippen molar-refractivity contribution in [2.75, 3.05) is 6.54 Å². The molecule has 1 amide bonds. The fourth-order valence-corrected chi connectivity index (χ4v) is 2.18. The van der Waals surface area contributed by atoms with E-state index < -0.39 is 12.1 Å². The Morgan fingerprint density at radius 1 is 1.32 bits per heavy atom. The van der Waals surface area contributed by atoms with Crippen LogP contribution in [-0.4, -0.2) is 40.6 Å². The minimum Gasteiger partial charge on any atom is -0.481 e. The van der Waals surface area contributed by atoms with Crippen LogP contribution in [0.25, 0.3) is 0 Å². The highest BCUT2D eigenvalue weighted by Gasteiger charge is 2.25. The fraction of sp³-hybridized carbons (Fsp3) is 0.500. The first-order chi connectivity index (χ1) is 10.2. The van der Waals surface area contributed by atoms with E-state index in [9.17, 15) is 9.59 Å². The van der Waals surface area contributed by atoms with Gasteiger partial charge in [0.2, 0.25) is 0 Å². The molecule has 1 N–H and O–H groups in total. The van der Waals surface area contributed by atoms with E-state index in [-0.39, 0.29) is 24.9 Å². The zero-order valence-electron chi connectivity index (χ0n) is 13.3. The molecule has 0 spiro atoms. The molecular formula is C16H22ClNO4. The molecule has 122 valence electrons. The van der Waals surface area contributed by atoms with Gasteiger partial charge in [-0.05, 0) is 45.4 Å². The molecule has 0 fully saturated rings. The molecule has 0 aliphatic heterocycles. The third-order valence-electron chi connectivity index (χ3n) is 3.21. The van der Waals surface area contributed by atoms with E-state index in [4.69, 9.17) is 21.4 Å². The molecule has 1 aromatic rings. The number of ether oxygens (including phenoxy) is 1. The maximum absolute atomic E-state index is 12.5. The second-order valence-corrected chi connectivity index (χ2v) is 5.87. The summed E-state index contributed by atoms with van der Waals surface area (Å²) in [5.41, 5.74) is 0.977. The number of benzene rings is 1. The minimum atomic E-state index is -0.936. The molecule has 1 unspecified atom stereocenters. The van der Waals surface area contributed by atoms with Gasteiger partial charge in [-0.1, -0.05) is 17.7 Å². The van der Waals surface area contributed by atoms with Gasteiger partial charge in [0.1, 0.15) is 5.75 Å². The van der Waals surface area contributed by atoms with Crippen molar-refractivity contribution in [3.63, 3.8) is 0 Å². The molecule has 1 rings (SSSR count). The summed E-state index contributed by atoms with van der Waals surface area (Å²) in [4.78, 5) is 24.7. The third-order valence-corrected chi connectivity index (χ3v) is 3.52. The van der Waals surface area contributed by atoms with Crippen LogP contribution in [-0.2, 0) is 9.59 Å². The highest BCUT2D eigenvalue weighted by molar-refractivity contribution is 6.32. The van der Waals surface area contributed by atoms with Crippen LogP contribution in [0.1, 0.15) is 32.8 Å². The maximum atomic E-state index is 12.5. The Kier molecular flexibility index (Phi) is 6.68. The number of hydrogen-bond acceptors (Lipinski definition) is 3. The van der Waals surface area contributed by atoms with E-state index >= 15 is 0 Å². The first kappa shape index (κ1) is 18.3. The molecule has 0 bridgehead atoms. The standard InChI is InChI=1S/C16H22ClNO4/c1-10(2)18(8-7-15(19)20)16(21)12(4)22-14-9-11(3)5-6-13(14)17/h5-6,9-10,12H,7-8H2,1-4H3,(H,19,20). The molecule has 6 heteroatoms. The normalized spacial score (nSPS) is 12.1. The number of carbonyl (C=O) groups is 2. The van der Waals surface area contributed by atoms with Gasteiger partial charge in [0.15, 0.2) is 6.10 Å². The summed E-state index contributed by atoms with van der Waals surface area (Å²) in [6.07, 6.45) is -0.836. The van der Waals surface area contributed by atoms with Crippen LogP contribution in [0.15, 0.2) is 18.2 Å². The molecule has 0 aliphatic carbocycles. The molecule has 0 saturated heterocycles. The number of carboxylic acids is 1. The summed E-state index contributed by atoms with van der Waals surface area (Å²) in [7, 11) is 0. The van der Waals surface area contributed by atoms with Gasteiger partial charge in [0.05, 0.1) is 11.4 Å². The number of nitrogens with zero attached hydrogens (tertiary/aromatic N) is 1.